The highest BCUT2D eigenvalue weighted by atomic mass is 32.2. The van der Waals surface area contributed by atoms with Gasteiger partial charge in [-0.2, -0.15) is 0 Å². The smallest absolute Gasteiger partial charge is 0.252 e. The first-order chi connectivity index (χ1) is 11.6. The van der Waals surface area contributed by atoms with Crippen LogP contribution in [0.2, 0.25) is 0 Å². The van der Waals surface area contributed by atoms with Crippen molar-refractivity contribution in [1.82, 2.24) is 10.2 Å². The number of benzene rings is 1. The molecule has 1 N–H and O–H groups in total. The van der Waals surface area contributed by atoms with Gasteiger partial charge in [0.1, 0.15) is 0 Å². The van der Waals surface area contributed by atoms with E-state index in [1.807, 2.05) is 24.3 Å². The maximum atomic E-state index is 12.6. The van der Waals surface area contributed by atoms with Crippen molar-refractivity contribution in [3.05, 3.63) is 41.5 Å². The number of likely N-dealkylation sites (tertiary alicyclic amines) is 1. The fourth-order valence-electron chi connectivity index (χ4n) is 3.21. The molecule has 1 atom stereocenters. The third kappa shape index (κ3) is 4.87. The Morgan fingerprint density at radius 1 is 1.29 bits per heavy atom. The highest BCUT2D eigenvalue weighted by molar-refractivity contribution is 7.99. The van der Waals surface area contributed by atoms with E-state index >= 15 is 0 Å². The van der Waals surface area contributed by atoms with Crippen LogP contribution in [0.1, 0.15) is 43.5 Å². The SMILES string of the molecule is CC(C)=CCSc1ccccc1C(=O)NCC1CCN(C2CC2)C1. The average Bonchev–Trinajstić information content (AvgIpc) is 3.31. The highest BCUT2D eigenvalue weighted by Crippen LogP contribution is 2.31. The predicted octanol–water partition coefficient (Wildman–Crippen LogP) is 3.96. The Bertz CT molecular complexity index is 605. The highest BCUT2D eigenvalue weighted by Gasteiger charge is 2.34. The van der Waals surface area contributed by atoms with Crippen LogP contribution in [0.3, 0.4) is 0 Å². The molecule has 3 nitrogen and oxygen atoms in total. The molecule has 4 heteroatoms. The third-order valence-corrected chi connectivity index (χ3v) is 5.79. The fourth-order valence-corrected chi connectivity index (χ4v) is 4.30. The van der Waals surface area contributed by atoms with Gasteiger partial charge in [0.05, 0.1) is 5.56 Å². The van der Waals surface area contributed by atoms with Gasteiger partial charge in [-0.15, -0.1) is 11.8 Å². The lowest BCUT2D eigenvalue weighted by Gasteiger charge is -2.15. The molecule has 130 valence electrons. The zero-order valence-corrected chi connectivity index (χ0v) is 15.6. The number of carbonyl (C=O) groups is 1. The number of rotatable bonds is 7. The molecule has 0 bridgehead atoms. The molecule has 2 fully saturated rings. The van der Waals surface area contributed by atoms with Crippen molar-refractivity contribution in [2.24, 2.45) is 5.92 Å². The summed E-state index contributed by atoms with van der Waals surface area (Å²) in [5.74, 6) is 1.59. The quantitative estimate of drug-likeness (QED) is 0.600. The van der Waals surface area contributed by atoms with E-state index in [9.17, 15) is 4.79 Å². The molecule has 1 heterocycles. The molecule has 3 rings (SSSR count). The van der Waals surface area contributed by atoms with Gasteiger partial charge in [0, 0.05) is 29.8 Å². The maximum absolute atomic E-state index is 12.6. The lowest BCUT2D eigenvalue weighted by atomic mass is 10.1. The zero-order chi connectivity index (χ0) is 16.9. The van der Waals surface area contributed by atoms with E-state index in [2.05, 4.69) is 30.1 Å². The number of hydrogen-bond donors (Lipinski definition) is 1. The van der Waals surface area contributed by atoms with Crippen LogP contribution in [0.15, 0.2) is 40.8 Å². The lowest BCUT2D eigenvalue weighted by Crippen LogP contribution is -2.31. The van der Waals surface area contributed by atoms with Crippen LogP contribution in [0.5, 0.6) is 0 Å². The van der Waals surface area contributed by atoms with Crippen molar-refractivity contribution >= 4 is 17.7 Å². The van der Waals surface area contributed by atoms with Gasteiger partial charge in [0.15, 0.2) is 0 Å². The maximum Gasteiger partial charge on any atom is 0.252 e. The van der Waals surface area contributed by atoms with Gasteiger partial charge in [-0.05, 0) is 57.7 Å². The Hall–Kier alpha value is -1.26. The van der Waals surface area contributed by atoms with Crippen LogP contribution in [0, 0.1) is 5.92 Å². The van der Waals surface area contributed by atoms with Crippen molar-refractivity contribution in [2.75, 3.05) is 25.4 Å². The number of allylic oxidation sites excluding steroid dienone is 1. The van der Waals surface area contributed by atoms with Crippen LogP contribution in [0.25, 0.3) is 0 Å². The van der Waals surface area contributed by atoms with Gasteiger partial charge in [0.25, 0.3) is 5.91 Å². The number of carbonyl (C=O) groups excluding carboxylic acids is 1. The summed E-state index contributed by atoms with van der Waals surface area (Å²) in [7, 11) is 0. The lowest BCUT2D eigenvalue weighted by molar-refractivity contribution is 0.0944. The van der Waals surface area contributed by atoms with Gasteiger partial charge in [-0.1, -0.05) is 23.8 Å². The zero-order valence-electron chi connectivity index (χ0n) is 14.8. The minimum absolute atomic E-state index is 0.0696. The minimum Gasteiger partial charge on any atom is -0.352 e. The molecule has 1 aliphatic heterocycles. The van der Waals surface area contributed by atoms with E-state index in [1.54, 1.807) is 11.8 Å². The summed E-state index contributed by atoms with van der Waals surface area (Å²) in [4.78, 5) is 16.3. The number of amides is 1. The molecule has 1 saturated heterocycles. The summed E-state index contributed by atoms with van der Waals surface area (Å²) in [5, 5.41) is 3.17. The molecule has 1 aliphatic carbocycles. The summed E-state index contributed by atoms with van der Waals surface area (Å²) < 4.78 is 0. The molecule has 1 saturated carbocycles. The molecule has 0 spiro atoms. The van der Waals surface area contributed by atoms with E-state index in [-0.39, 0.29) is 5.91 Å². The Balaban J connectivity index is 1.51. The minimum atomic E-state index is 0.0696. The first-order valence-electron chi connectivity index (χ1n) is 9.01. The first kappa shape index (κ1) is 17.6. The van der Waals surface area contributed by atoms with E-state index in [4.69, 9.17) is 0 Å². The normalized spacial score (nSPS) is 20.8. The fraction of sp³-hybridized carbons (Fsp3) is 0.550. The molecule has 24 heavy (non-hydrogen) atoms. The monoisotopic (exact) mass is 344 g/mol. The molecule has 0 aromatic heterocycles. The van der Waals surface area contributed by atoms with E-state index in [0.29, 0.717) is 5.92 Å². The molecule has 1 aromatic rings. The van der Waals surface area contributed by atoms with E-state index < -0.39 is 0 Å². The van der Waals surface area contributed by atoms with Crippen LogP contribution in [-0.2, 0) is 0 Å². The predicted molar refractivity (Wildman–Crippen MR) is 102 cm³/mol. The molecule has 2 aliphatic rings. The molecule has 1 aromatic carbocycles. The summed E-state index contributed by atoms with van der Waals surface area (Å²) in [6.45, 7) is 7.37. The van der Waals surface area contributed by atoms with E-state index in [1.165, 1.54) is 31.4 Å². The van der Waals surface area contributed by atoms with Gasteiger partial charge in [-0.25, -0.2) is 0 Å². The second-order valence-electron chi connectivity index (χ2n) is 7.18. The summed E-state index contributed by atoms with van der Waals surface area (Å²) >= 11 is 1.73. The summed E-state index contributed by atoms with van der Waals surface area (Å²) in [6, 6.07) is 8.78. The molecular formula is C20H28N2OS. The average molecular weight is 345 g/mol. The van der Waals surface area contributed by atoms with Crippen LogP contribution < -0.4 is 5.32 Å². The summed E-state index contributed by atoms with van der Waals surface area (Å²) in [6.07, 6.45) is 6.16. The van der Waals surface area contributed by atoms with E-state index in [0.717, 1.165) is 35.3 Å². The van der Waals surface area contributed by atoms with Crippen LogP contribution in [0.4, 0.5) is 0 Å². The van der Waals surface area contributed by atoms with Gasteiger partial charge in [0.2, 0.25) is 0 Å². The van der Waals surface area contributed by atoms with Gasteiger partial charge in [-0.3, -0.25) is 4.79 Å². The molecular weight excluding hydrogens is 316 g/mol. The number of nitrogens with one attached hydrogen (secondary N) is 1. The largest absolute Gasteiger partial charge is 0.352 e. The molecule has 1 amide bonds. The molecule has 1 unspecified atom stereocenters. The number of nitrogens with zero attached hydrogens (tertiary/aromatic N) is 1. The first-order valence-corrected chi connectivity index (χ1v) is 9.99. The van der Waals surface area contributed by atoms with Crippen molar-refractivity contribution in [2.45, 2.75) is 44.0 Å². The van der Waals surface area contributed by atoms with Gasteiger partial charge >= 0.3 is 0 Å². The summed E-state index contributed by atoms with van der Waals surface area (Å²) in [5.41, 5.74) is 2.12. The standard InChI is InChI=1S/C20H28N2OS/c1-15(2)10-12-24-19-6-4-3-5-18(19)20(23)21-13-16-9-11-22(14-16)17-7-8-17/h3-6,10,16-17H,7-9,11-14H2,1-2H3,(H,21,23). The van der Waals surface area contributed by atoms with Crippen LogP contribution in [-0.4, -0.2) is 42.2 Å². The van der Waals surface area contributed by atoms with Crippen molar-refractivity contribution in [3.63, 3.8) is 0 Å². The number of thioether (sulfide) groups is 1. The van der Waals surface area contributed by atoms with Gasteiger partial charge < -0.3 is 10.2 Å². The topological polar surface area (TPSA) is 32.3 Å². The van der Waals surface area contributed by atoms with Crippen molar-refractivity contribution in [1.29, 1.82) is 0 Å². The Kier molecular flexibility index (Phi) is 6.01. The Morgan fingerprint density at radius 2 is 2.08 bits per heavy atom. The third-order valence-electron chi connectivity index (χ3n) is 4.79. The van der Waals surface area contributed by atoms with Crippen molar-refractivity contribution < 1.29 is 4.79 Å². The Labute approximate surface area is 149 Å². The van der Waals surface area contributed by atoms with Crippen LogP contribution >= 0.6 is 11.8 Å². The van der Waals surface area contributed by atoms with Crippen molar-refractivity contribution in [3.8, 4) is 0 Å². The Morgan fingerprint density at radius 3 is 2.83 bits per heavy atom. The molecule has 0 radical (unpaired) electrons. The second kappa shape index (κ2) is 8.21. The second-order valence-corrected chi connectivity index (χ2v) is 8.24. The number of hydrogen-bond acceptors (Lipinski definition) is 3.